The van der Waals surface area contributed by atoms with Gasteiger partial charge in [0.05, 0.1) is 11.1 Å². The zero-order chi connectivity index (χ0) is 29.1. The summed E-state index contributed by atoms with van der Waals surface area (Å²) in [5, 5.41) is 58.8. The maximum atomic E-state index is 11.7. The van der Waals surface area contributed by atoms with Crippen molar-refractivity contribution >= 4 is 23.9 Å². The summed E-state index contributed by atoms with van der Waals surface area (Å²) in [5.41, 5.74) is -2.21. The number of carbonyl (C=O) groups is 4. The first-order valence-electron chi connectivity index (χ1n) is 11.2. The van der Waals surface area contributed by atoms with Crippen LogP contribution >= 0.6 is 0 Å². The number of hydrogen-bond donors (Lipinski definition) is 6. The van der Waals surface area contributed by atoms with Crippen LogP contribution in [0.2, 0.25) is 0 Å². The molecule has 12 nitrogen and oxygen atoms in total. The second kappa shape index (κ2) is 10.8. The SMILES string of the molecule is O=C(O)c1cccc(Oc2ccc(O)c(-c3cc(Oc4cccc(C(=O)O)c4C(=O)O)ccc3O)c2)c1C(=O)O. The van der Waals surface area contributed by atoms with Crippen molar-refractivity contribution in [3.63, 3.8) is 0 Å². The van der Waals surface area contributed by atoms with Crippen LogP contribution in [0.5, 0.6) is 34.5 Å². The molecule has 12 heteroatoms. The molecule has 0 fully saturated rings. The van der Waals surface area contributed by atoms with Gasteiger partial charge in [-0.2, -0.15) is 0 Å². The molecule has 0 spiro atoms. The molecule has 0 amide bonds. The minimum atomic E-state index is -1.54. The predicted octanol–water partition coefficient (Wildman–Crippen LogP) is 5.14. The third-order valence-electron chi connectivity index (χ3n) is 5.62. The number of phenols is 2. The normalized spacial score (nSPS) is 10.5. The van der Waals surface area contributed by atoms with E-state index in [9.17, 15) is 49.8 Å². The number of phenolic OH excluding ortho intramolecular Hbond substituents is 2. The summed E-state index contributed by atoms with van der Waals surface area (Å²) in [7, 11) is 0. The molecule has 4 aromatic rings. The fourth-order valence-corrected chi connectivity index (χ4v) is 3.87. The number of hydrogen-bond acceptors (Lipinski definition) is 8. The molecule has 0 heterocycles. The van der Waals surface area contributed by atoms with Crippen LogP contribution in [0.25, 0.3) is 11.1 Å². The topological polar surface area (TPSA) is 208 Å². The monoisotopic (exact) mass is 546 g/mol. The molecule has 4 rings (SSSR count). The van der Waals surface area contributed by atoms with E-state index in [2.05, 4.69) is 0 Å². The summed E-state index contributed by atoms with van der Waals surface area (Å²) >= 11 is 0. The van der Waals surface area contributed by atoms with Crippen molar-refractivity contribution in [3.05, 3.63) is 95.1 Å². The molecule has 4 aromatic carbocycles. The quantitative estimate of drug-likeness (QED) is 0.161. The number of ether oxygens (including phenoxy) is 2. The van der Waals surface area contributed by atoms with Gasteiger partial charge in [0.2, 0.25) is 0 Å². The van der Waals surface area contributed by atoms with Crippen molar-refractivity contribution in [3.8, 4) is 45.6 Å². The van der Waals surface area contributed by atoms with Crippen LogP contribution in [0.1, 0.15) is 41.4 Å². The van der Waals surface area contributed by atoms with Crippen molar-refractivity contribution in [2.24, 2.45) is 0 Å². The number of carboxylic acids is 4. The number of benzene rings is 4. The Balaban J connectivity index is 1.75. The van der Waals surface area contributed by atoms with E-state index >= 15 is 0 Å². The van der Waals surface area contributed by atoms with Crippen LogP contribution < -0.4 is 9.47 Å². The highest BCUT2D eigenvalue weighted by Gasteiger charge is 2.23. The van der Waals surface area contributed by atoms with Gasteiger partial charge >= 0.3 is 23.9 Å². The van der Waals surface area contributed by atoms with Crippen molar-refractivity contribution in [2.75, 3.05) is 0 Å². The lowest BCUT2D eigenvalue weighted by Gasteiger charge is -2.15. The first-order valence-corrected chi connectivity index (χ1v) is 11.2. The Morgan fingerprint density at radius 3 is 1.20 bits per heavy atom. The van der Waals surface area contributed by atoms with E-state index in [-0.39, 0.29) is 45.6 Å². The third-order valence-corrected chi connectivity index (χ3v) is 5.62. The zero-order valence-corrected chi connectivity index (χ0v) is 20.1. The van der Waals surface area contributed by atoms with Gasteiger partial charge in [-0.1, -0.05) is 12.1 Å². The Hall–Kier alpha value is -6.04. The summed E-state index contributed by atoms with van der Waals surface area (Å²) in [6, 6.07) is 14.8. The molecule has 0 unspecified atom stereocenters. The number of aromatic carboxylic acids is 4. The maximum absolute atomic E-state index is 11.7. The second-order valence-electron chi connectivity index (χ2n) is 8.14. The lowest BCUT2D eigenvalue weighted by Crippen LogP contribution is -2.09. The second-order valence-corrected chi connectivity index (χ2v) is 8.14. The molecule has 202 valence electrons. The predicted molar refractivity (Wildman–Crippen MR) is 136 cm³/mol. The molecule has 0 aliphatic rings. The zero-order valence-electron chi connectivity index (χ0n) is 20.1. The number of rotatable bonds is 9. The molecule has 0 atom stereocenters. The summed E-state index contributed by atoms with van der Waals surface area (Å²) in [6.07, 6.45) is 0. The van der Waals surface area contributed by atoms with Crippen LogP contribution in [0.4, 0.5) is 0 Å². The summed E-state index contributed by atoms with van der Waals surface area (Å²) < 4.78 is 11.3. The summed E-state index contributed by atoms with van der Waals surface area (Å²) in [6.45, 7) is 0. The molecule has 0 saturated heterocycles. The first kappa shape index (κ1) is 27.0. The molecule has 0 aliphatic heterocycles. The van der Waals surface area contributed by atoms with E-state index in [1.165, 1.54) is 60.7 Å². The highest BCUT2D eigenvalue weighted by atomic mass is 16.5. The molecular weight excluding hydrogens is 528 g/mol. The summed E-state index contributed by atoms with van der Waals surface area (Å²) in [4.78, 5) is 46.4. The Kier molecular flexibility index (Phi) is 7.26. The average molecular weight is 546 g/mol. The van der Waals surface area contributed by atoms with Gasteiger partial charge in [0.25, 0.3) is 0 Å². The van der Waals surface area contributed by atoms with E-state index in [0.29, 0.717) is 0 Å². The summed E-state index contributed by atoms with van der Waals surface area (Å²) in [5.74, 6) is -7.32. The van der Waals surface area contributed by atoms with Gasteiger partial charge in [0, 0.05) is 11.1 Å². The Morgan fingerprint density at radius 1 is 0.500 bits per heavy atom. The fourth-order valence-electron chi connectivity index (χ4n) is 3.87. The Morgan fingerprint density at radius 2 is 0.875 bits per heavy atom. The van der Waals surface area contributed by atoms with E-state index in [0.717, 1.165) is 12.1 Å². The molecule has 0 aliphatic carbocycles. The first-order chi connectivity index (χ1) is 19.0. The lowest BCUT2D eigenvalue weighted by molar-refractivity contribution is 0.0649. The molecule has 0 bridgehead atoms. The molecular formula is C28H18O12. The van der Waals surface area contributed by atoms with Crippen molar-refractivity contribution in [1.82, 2.24) is 0 Å². The van der Waals surface area contributed by atoms with Crippen LogP contribution in [0.3, 0.4) is 0 Å². The van der Waals surface area contributed by atoms with Crippen molar-refractivity contribution in [2.45, 2.75) is 0 Å². The van der Waals surface area contributed by atoms with Gasteiger partial charge in [-0.05, 0) is 60.7 Å². The van der Waals surface area contributed by atoms with Gasteiger partial charge < -0.3 is 40.1 Å². The largest absolute Gasteiger partial charge is 0.507 e. The van der Waals surface area contributed by atoms with Gasteiger partial charge in [0.1, 0.15) is 45.6 Å². The minimum Gasteiger partial charge on any atom is -0.507 e. The molecule has 0 saturated carbocycles. The van der Waals surface area contributed by atoms with Gasteiger partial charge in [-0.15, -0.1) is 0 Å². The Bertz CT molecular complexity index is 1560. The van der Waals surface area contributed by atoms with E-state index < -0.39 is 46.1 Å². The van der Waals surface area contributed by atoms with Crippen LogP contribution in [0.15, 0.2) is 72.8 Å². The number of aromatic hydroxyl groups is 2. The third kappa shape index (κ3) is 5.31. The van der Waals surface area contributed by atoms with Gasteiger partial charge in [-0.3, -0.25) is 0 Å². The van der Waals surface area contributed by atoms with Crippen LogP contribution in [0, 0.1) is 0 Å². The molecule has 0 aromatic heterocycles. The standard InChI is InChI=1S/C28H18O12/c29-19-9-7-13(39-21-5-1-3-15(25(31)32)23(21)27(35)36)11-17(19)18-12-14(8-10-20(18)30)40-22-6-2-4-16(26(33)34)24(22)28(37)38/h1-12,29-30H,(H,31,32)(H,33,34)(H,35,36)(H,37,38). The lowest BCUT2D eigenvalue weighted by atomic mass is 10.0. The highest BCUT2D eigenvalue weighted by molar-refractivity contribution is 6.04. The number of carboxylic acid groups (broad SMARTS) is 4. The molecule has 6 N–H and O–H groups in total. The fraction of sp³-hybridized carbons (Fsp3) is 0. The van der Waals surface area contributed by atoms with Crippen LogP contribution in [-0.4, -0.2) is 54.5 Å². The maximum Gasteiger partial charge on any atom is 0.340 e. The van der Waals surface area contributed by atoms with Crippen molar-refractivity contribution < 1.29 is 59.3 Å². The molecule has 0 radical (unpaired) electrons. The van der Waals surface area contributed by atoms with Gasteiger partial charge in [0.15, 0.2) is 0 Å². The van der Waals surface area contributed by atoms with Crippen LogP contribution in [-0.2, 0) is 0 Å². The Labute approximate surface area is 224 Å². The highest BCUT2D eigenvalue weighted by Crippen LogP contribution is 2.42. The van der Waals surface area contributed by atoms with E-state index in [1.54, 1.807) is 0 Å². The average Bonchev–Trinajstić information content (AvgIpc) is 2.90. The van der Waals surface area contributed by atoms with E-state index in [1.807, 2.05) is 0 Å². The van der Waals surface area contributed by atoms with E-state index in [4.69, 9.17) is 9.47 Å². The van der Waals surface area contributed by atoms with Gasteiger partial charge in [-0.25, -0.2) is 19.2 Å². The molecule has 40 heavy (non-hydrogen) atoms. The van der Waals surface area contributed by atoms with Crippen molar-refractivity contribution in [1.29, 1.82) is 0 Å². The minimum absolute atomic E-state index is 0.00976. The smallest absolute Gasteiger partial charge is 0.340 e.